The molecule has 1 fully saturated rings. The van der Waals surface area contributed by atoms with E-state index in [1.165, 1.54) is 6.42 Å². The standard InChI is InChI=1S/C9H13BrO/c1-7(10)6-8-4-2-3-5-9(8)11/h8H,1-6H2. The van der Waals surface area contributed by atoms with Gasteiger partial charge >= 0.3 is 0 Å². The van der Waals surface area contributed by atoms with Gasteiger partial charge in [0.1, 0.15) is 5.78 Å². The molecule has 0 radical (unpaired) electrons. The summed E-state index contributed by atoms with van der Waals surface area (Å²) in [5.41, 5.74) is 0. The second-order valence-corrected chi connectivity index (χ2v) is 4.25. The Morgan fingerprint density at radius 2 is 2.36 bits per heavy atom. The molecule has 0 heterocycles. The maximum atomic E-state index is 11.3. The first-order valence-corrected chi connectivity index (χ1v) is 4.85. The van der Waals surface area contributed by atoms with Crippen molar-refractivity contribution >= 4 is 21.7 Å². The average molecular weight is 217 g/mol. The first-order valence-electron chi connectivity index (χ1n) is 4.06. The van der Waals surface area contributed by atoms with Gasteiger partial charge < -0.3 is 0 Å². The van der Waals surface area contributed by atoms with E-state index < -0.39 is 0 Å². The maximum absolute atomic E-state index is 11.3. The quantitative estimate of drug-likeness (QED) is 0.694. The highest BCUT2D eigenvalue weighted by Crippen LogP contribution is 2.27. The smallest absolute Gasteiger partial charge is 0.136 e. The van der Waals surface area contributed by atoms with Gasteiger partial charge in [-0.15, -0.1) is 0 Å². The number of carbonyl (C=O) groups excluding carboxylic acids is 1. The fourth-order valence-corrected chi connectivity index (χ4v) is 1.93. The summed E-state index contributed by atoms with van der Waals surface area (Å²) in [5.74, 6) is 0.687. The molecule has 1 atom stereocenters. The van der Waals surface area contributed by atoms with Crippen LogP contribution in [0.5, 0.6) is 0 Å². The predicted molar refractivity (Wildman–Crippen MR) is 49.6 cm³/mol. The van der Waals surface area contributed by atoms with E-state index >= 15 is 0 Å². The minimum Gasteiger partial charge on any atom is -0.299 e. The van der Waals surface area contributed by atoms with Crippen LogP contribution in [0.4, 0.5) is 0 Å². The first kappa shape index (κ1) is 8.98. The molecule has 0 amide bonds. The van der Waals surface area contributed by atoms with Crippen molar-refractivity contribution in [3.05, 3.63) is 11.1 Å². The first-order chi connectivity index (χ1) is 5.20. The van der Waals surface area contributed by atoms with Crippen molar-refractivity contribution in [3.63, 3.8) is 0 Å². The molecule has 11 heavy (non-hydrogen) atoms. The van der Waals surface area contributed by atoms with Gasteiger partial charge in [-0.2, -0.15) is 0 Å². The van der Waals surface area contributed by atoms with E-state index in [-0.39, 0.29) is 5.92 Å². The summed E-state index contributed by atoms with van der Waals surface area (Å²) in [4.78, 5) is 11.3. The molecule has 1 aliphatic carbocycles. The highest BCUT2D eigenvalue weighted by atomic mass is 79.9. The van der Waals surface area contributed by atoms with Crippen molar-refractivity contribution in [2.24, 2.45) is 5.92 Å². The molecule has 0 aromatic rings. The molecule has 0 spiro atoms. The lowest BCUT2D eigenvalue weighted by atomic mass is 9.86. The van der Waals surface area contributed by atoms with Crippen LogP contribution in [0.25, 0.3) is 0 Å². The van der Waals surface area contributed by atoms with E-state index in [1.54, 1.807) is 0 Å². The molecule has 0 N–H and O–H groups in total. The van der Waals surface area contributed by atoms with Crippen LogP contribution in [0.3, 0.4) is 0 Å². The number of rotatable bonds is 2. The van der Waals surface area contributed by atoms with Crippen molar-refractivity contribution in [2.75, 3.05) is 0 Å². The largest absolute Gasteiger partial charge is 0.299 e. The number of halogens is 1. The number of ketones is 1. The van der Waals surface area contributed by atoms with Crippen LogP contribution in [-0.2, 0) is 4.79 Å². The average Bonchev–Trinajstić information content (AvgIpc) is 1.93. The van der Waals surface area contributed by atoms with Gasteiger partial charge in [-0.3, -0.25) is 4.79 Å². The molecule has 0 aromatic carbocycles. The second-order valence-electron chi connectivity index (χ2n) is 3.13. The lowest BCUT2D eigenvalue weighted by Crippen LogP contribution is -2.18. The molecule has 62 valence electrons. The Morgan fingerprint density at radius 1 is 1.64 bits per heavy atom. The van der Waals surface area contributed by atoms with E-state index in [0.717, 1.165) is 30.2 Å². The SMILES string of the molecule is C=C(Br)CC1CCCCC1=O. The zero-order valence-electron chi connectivity index (χ0n) is 6.61. The normalized spacial score (nSPS) is 25.2. The lowest BCUT2D eigenvalue weighted by Gasteiger charge is -2.19. The number of Topliss-reactive ketones (excluding diaryl/α,β-unsaturated/α-hetero) is 1. The molecular weight excluding hydrogens is 204 g/mol. The zero-order valence-corrected chi connectivity index (χ0v) is 8.19. The van der Waals surface area contributed by atoms with E-state index in [4.69, 9.17) is 0 Å². The molecule has 0 aliphatic heterocycles. The Labute approximate surface area is 76.0 Å². The molecule has 0 aromatic heterocycles. The maximum Gasteiger partial charge on any atom is 0.136 e. The summed E-state index contributed by atoms with van der Waals surface area (Å²) in [6.07, 6.45) is 4.97. The molecule has 1 nitrogen and oxygen atoms in total. The Morgan fingerprint density at radius 3 is 2.91 bits per heavy atom. The van der Waals surface area contributed by atoms with Gasteiger partial charge in [0.05, 0.1) is 0 Å². The summed E-state index contributed by atoms with van der Waals surface area (Å²) in [6.45, 7) is 3.75. The van der Waals surface area contributed by atoms with Crippen LogP contribution in [0, 0.1) is 5.92 Å². The van der Waals surface area contributed by atoms with Crippen LogP contribution in [0.15, 0.2) is 11.1 Å². The molecule has 0 saturated heterocycles. The molecule has 1 aliphatic rings. The fourth-order valence-electron chi connectivity index (χ4n) is 1.54. The number of carbonyl (C=O) groups is 1. The fraction of sp³-hybridized carbons (Fsp3) is 0.667. The number of allylic oxidation sites excluding steroid dienone is 1. The third-order valence-electron chi connectivity index (χ3n) is 2.15. The van der Waals surface area contributed by atoms with Crippen molar-refractivity contribution in [1.29, 1.82) is 0 Å². The number of hydrogen-bond acceptors (Lipinski definition) is 1. The van der Waals surface area contributed by atoms with Crippen LogP contribution in [0.2, 0.25) is 0 Å². The van der Waals surface area contributed by atoms with Gasteiger partial charge in [-0.1, -0.05) is 28.9 Å². The highest BCUT2D eigenvalue weighted by molar-refractivity contribution is 9.11. The molecule has 0 bridgehead atoms. The van der Waals surface area contributed by atoms with Crippen molar-refractivity contribution in [3.8, 4) is 0 Å². The Balaban J connectivity index is 2.42. The van der Waals surface area contributed by atoms with E-state index in [1.807, 2.05) is 0 Å². The zero-order chi connectivity index (χ0) is 8.27. The minimum absolute atomic E-state index is 0.260. The number of hydrogen-bond donors (Lipinski definition) is 0. The monoisotopic (exact) mass is 216 g/mol. The molecular formula is C9H13BrO. The minimum atomic E-state index is 0.260. The Kier molecular flexibility index (Phi) is 3.31. The van der Waals surface area contributed by atoms with Gasteiger partial charge in [-0.05, 0) is 23.7 Å². The predicted octanol–water partition coefficient (Wildman–Crippen LogP) is 3.04. The lowest BCUT2D eigenvalue weighted by molar-refractivity contribution is -0.124. The molecule has 2 heteroatoms. The van der Waals surface area contributed by atoms with Crippen molar-refractivity contribution in [2.45, 2.75) is 32.1 Å². The van der Waals surface area contributed by atoms with Crippen LogP contribution in [0.1, 0.15) is 32.1 Å². The molecule has 1 unspecified atom stereocenters. The topological polar surface area (TPSA) is 17.1 Å². The Bertz CT molecular complexity index is 174. The van der Waals surface area contributed by atoms with Crippen LogP contribution < -0.4 is 0 Å². The van der Waals surface area contributed by atoms with Gasteiger partial charge in [0.2, 0.25) is 0 Å². The summed E-state index contributed by atoms with van der Waals surface area (Å²) in [6, 6.07) is 0. The summed E-state index contributed by atoms with van der Waals surface area (Å²) < 4.78 is 0.956. The van der Waals surface area contributed by atoms with Crippen LogP contribution >= 0.6 is 15.9 Å². The van der Waals surface area contributed by atoms with Crippen molar-refractivity contribution < 1.29 is 4.79 Å². The van der Waals surface area contributed by atoms with E-state index in [2.05, 4.69) is 22.5 Å². The van der Waals surface area contributed by atoms with E-state index in [0.29, 0.717) is 5.78 Å². The summed E-state index contributed by atoms with van der Waals surface area (Å²) in [5, 5.41) is 0. The van der Waals surface area contributed by atoms with Crippen LogP contribution in [-0.4, -0.2) is 5.78 Å². The Hall–Kier alpha value is -0.110. The highest BCUT2D eigenvalue weighted by Gasteiger charge is 2.21. The summed E-state index contributed by atoms with van der Waals surface area (Å²) in [7, 11) is 0. The van der Waals surface area contributed by atoms with Gasteiger partial charge in [-0.25, -0.2) is 0 Å². The molecule has 1 saturated carbocycles. The summed E-state index contributed by atoms with van der Waals surface area (Å²) >= 11 is 3.29. The van der Waals surface area contributed by atoms with Gasteiger partial charge in [0.15, 0.2) is 0 Å². The van der Waals surface area contributed by atoms with Gasteiger partial charge in [0, 0.05) is 12.3 Å². The van der Waals surface area contributed by atoms with Gasteiger partial charge in [0.25, 0.3) is 0 Å². The third kappa shape index (κ3) is 2.78. The second kappa shape index (κ2) is 4.05. The van der Waals surface area contributed by atoms with Crippen molar-refractivity contribution in [1.82, 2.24) is 0 Å². The molecule has 1 rings (SSSR count). The van der Waals surface area contributed by atoms with E-state index in [9.17, 15) is 4.79 Å². The third-order valence-corrected chi connectivity index (χ3v) is 2.47.